The number of amides is 3. The first-order valence-electron chi connectivity index (χ1n) is 16.2. The molecule has 2 atom stereocenters. The van der Waals surface area contributed by atoms with E-state index in [1.165, 1.54) is 0 Å². The molecule has 0 unspecified atom stereocenters. The molecule has 0 bridgehead atoms. The summed E-state index contributed by atoms with van der Waals surface area (Å²) in [6, 6.07) is 18.5. The summed E-state index contributed by atoms with van der Waals surface area (Å²) in [5, 5.41) is 14.0. The van der Waals surface area contributed by atoms with Crippen LogP contribution in [-0.2, 0) is 22.6 Å². The molecule has 3 aromatic heterocycles. The van der Waals surface area contributed by atoms with Gasteiger partial charge >= 0.3 is 0 Å². The van der Waals surface area contributed by atoms with E-state index < -0.39 is 12.1 Å². The summed E-state index contributed by atoms with van der Waals surface area (Å²) >= 11 is 1.66. The summed E-state index contributed by atoms with van der Waals surface area (Å²) < 4.78 is 1.82. The van der Waals surface area contributed by atoms with Gasteiger partial charge in [0, 0.05) is 53.5 Å². The van der Waals surface area contributed by atoms with Gasteiger partial charge in [-0.3, -0.25) is 14.4 Å². The molecule has 5 aromatic rings. The molecule has 0 saturated carbocycles. The summed E-state index contributed by atoms with van der Waals surface area (Å²) in [5.41, 5.74) is 3.58. The molecule has 0 radical (unpaired) electrons. The van der Waals surface area contributed by atoms with Crippen molar-refractivity contribution in [2.24, 2.45) is 5.92 Å². The average Bonchev–Trinajstić information content (AvgIpc) is 3.82. The molecule has 3 amide bonds. The van der Waals surface area contributed by atoms with Crippen LogP contribution in [0.3, 0.4) is 0 Å². The van der Waals surface area contributed by atoms with E-state index in [2.05, 4.69) is 40.6 Å². The van der Waals surface area contributed by atoms with Crippen LogP contribution in [0, 0.1) is 12.8 Å². The van der Waals surface area contributed by atoms with E-state index in [9.17, 15) is 14.4 Å². The van der Waals surface area contributed by atoms with E-state index in [0.717, 1.165) is 26.9 Å². The first-order chi connectivity index (χ1) is 22.7. The third-order valence-electron chi connectivity index (χ3n) is 8.53. The highest BCUT2D eigenvalue weighted by Crippen LogP contribution is 2.26. The number of carbonyl (C=O) groups is 3. The zero-order chi connectivity index (χ0) is 32.9. The van der Waals surface area contributed by atoms with Gasteiger partial charge in [0.1, 0.15) is 17.7 Å². The first-order valence-corrected chi connectivity index (χ1v) is 17.1. The fraction of sp³-hybridized carbons (Fsp3) is 0.361. The van der Waals surface area contributed by atoms with E-state index in [1.54, 1.807) is 16.2 Å². The molecule has 4 heterocycles. The Morgan fingerprint density at radius 2 is 1.79 bits per heavy atom. The van der Waals surface area contributed by atoms with Gasteiger partial charge in [0.25, 0.3) is 5.91 Å². The molecule has 3 N–H and O–H groups in total. The highest BCUT2D eigenvalue weighted by Gasteiger charge is 2.29. The number of aromatic nitrogens is 4. The Morgan fingerprint density at radius 1 is 0.979 bits per heavy atom. The summed E-state index contributed by atoms with van der Waals surface area (Å²) in [7, 11) is 0. The zero-order valence-corrected chi connectivity index (χ0v) is 27.8. The Kier molecular flexibility index (Phi) is 9.81. The lowest BCUT2D eigenvalue weighted by Crippen LogP contribution is -2.49. The monoisotopic (exact) mass is 651 g/mol. The van der Waals surface area contributed by atoms with Crippen LogP contribution < -0.4 is 10.6 Å². The largest absolute Gasteiger partial charge is 0.361 e. The van der Waals surface area contributed by atoms with Gasteiger partial charge < -0.3 is 20.5 Å². The van der Waals surface area contributed by atoms with E-state index in [-0.39, 0.29) is 30.1 Å². The number of nitrogens with one attached hydrogen (secondary N) is 3. The van der Waals surface area contributed by atoms with Gasteiger partial charge in [-0.05, 0) is 66.5 Å². The van der Waals surface area contributed by atoms with Crippen molar-refractivity contribution in [3.8, 4) is 10.4 Å². The summed E-state index contributed by atoms with van der Waals surface area (Å²) in [6.07, 6.45) is 3.50. The van der Waals surface area contributed by atoms with Gasteiger partial charge in [-0.25, -0.2) is 9.67 Å². The van der Waals surface area contributed by atoms with Crippen molar-refractivity contribution < 1.29 is 14.4 Å². The lowest BCUT2D eigenvalue weighted by molar-refractivity contribution is -0.129. The van der Waals surface area contributed by atoms with E-state index in [1.807, 2.05) is 77.8 Å². The van der Waals surface area contributed by atoms with Crippen LogP contribution in [0.5, 0.6) is 0 Å². The Bertz CT molecular complexity index is 1840. The van der Waals surface area contributed by atoms with Gasteiger partial charge in [0.05, 0.1) is 12.6 Å². The van der Waals surface area contributed by atoms with Crippen LogP contribution in [0.25, 0.3) is 21.3 Å². The SMILES string of the molecule is Cc1nc2n(n1)CCN(C(=O)c1ccc(-c3cccs3)cc1)CCCC(=O)N[C@H](Cc1c[nH]c3ccccc13)C(=O)N[C@H]2CC(C)C. The second-order valence-corrected chi connectivity index (χ2v) is 13.5. The van der Waals surface area contributed by atoms with Crippen molar-refractivity contribution in [1.82, 2.24) is 35.3 Å². The van der Waals surface area contributed by atoms with Gasteiger partial charge in [-0.2, -0.15) is 5.10 Å². The van der Waals surface area contributed by atoms with E-state index >= 15 is 0 Å². The van der Waals surface area contributed by atoms with E-state index in [0.29, 0.717) is 56.1 Å². The third-order valence-corrected chi connectivity index (χ3v) is 9.45. The number of fused-ring (bicyclic) bond motifs is 2. The molecule has 0 saturated heterocycles. The van der Waals surface area contributed by atoms with Crippen LogP contribution in [0.2, 0.25) is 0 Å². The number of carbonyl (C=O) groups excluding carboxylic acids is 3. The van der Waals surface area contributed by atoms with Crippen molar-refractivity contribution in [2.75, 3.05) is 13.1 Å². The van der Waals surface area contributed by atoms with E-state index in [4.69, 9.17) is 4.98 Å². The smallest absolute Gasteiger partial charge is 0.253 e. The maximum atomic E-state index is 14.0. The number of H-pyrrole nitrogens is 1. The normalized spacial score (nSPS) is 18.1. The molecule has 11 heteroatoms. The fourth-order valence-electron chi connectivity index (χ4n) is 6.23. The maximum Gasteiger partial charge on any atom is 0.253 e. The average molecular weight is 652 g/mol. The van der Waals surface area contributed by atoms with Crippen LogP contribution >= 0.6 is 11.3 Å². The topological polar surface area (TPSA) is 125 Å². The molecular formula is C36H41N7O3S. The maximum absolute atomic E-state index is 14.0. The number of nitrogens with zero attached hydrogens (tertiary/aromatic N) is 4. The van der Waals surface area contributed by atoms with Crippen LogP contribution in [0.4, 0.5) is 0 Å². The second kappa shape index (κ2) is 14.3. The number of aryl methyl sites for hydroxylation is 1. The number of thiophene rings is 1. The molecule has 244 valence electrons. The summed E-state index contributed by atoms with van der Waals surface area (Å²) in [4.78, 5) is 52.1. The van der Waals surface area contributed by atoms with Crippen molar-refractivity contribution in [3.63, 3.8) is 0 Å². The molecular weight excluding hydrogens is 611 g/mol. The number of hydrogen-bond donors (Lipinski definition) is 3. The Morgan fingerprint density at radius 3 is 2.55 bits per heavy atom. The Labute approximate surface area is 278 Å². The third kappa shape index (κ3) is 7.62. The van der Waals surface area contributed by atoms with Gasteiger partial charge in [-0.1, -0.05) is 50.2 Å². The number of benzene rings is 2. The molecule has 0 spiro atoms. The van der Waals surface area contributed by atoms with Gasteiger partial charge in [0.2, 0.25) is 11.8 Å². The molecule has 0 fully saturated rings. The fourth-order valence-corrected chi connectivity index (χ4v) is 6.96. The first kappa shape index (κ1) is 32.2. The molecule has 1 aliphatic rings. The van der Waals surface area contributed by atoms with Crippen LogP contribution in [0.1, 0.15) is 66.7 Å². The minimum Gasteiger partial charge on any atom is -0.361 e. The van der Waals surface area contributed by atoms with Gasteiger partial charge in [0.15, 0.2) is 0 Å². The second-order valence-electron chi connectivity index (χ2n) is 12.6. The molecule has 47 heavy (non-hydrogen) atoms. The molecule has 0 aliphatic carbocycles. The molecule has 1 aliphatic heterocycles. The molecule has 6 rings (SSSR count). The minimum absolute atomic E-state index is 0.0992. The number of aromatic amines is 1. The van der Waals surface area contributed by atoms with Gasteiger partial charge in [-0.15, -0.1) is 11.3 Å². The number of hydrogen-bond acceptors (Lipinski definition) is 6. The van der Waals surface area contributed by atoms with Crippen molar-refractivity contribution in [1.29, 1.82) is 0 Å². The Hall–Kier alpha value is -4.77. The van der Waals surface area contributed by atoms with Crippen molar-refractivity contribution >= 4 is 40.0 Å². The highest BCUT2D eigenvalue weighted by atomic mass is 32.1. The number of para-hydroxylation sites is 1. The zero-order valence-electron chi connectivity index (χ0n) is 27.0. The Balaban J connectivity index is 1.28. The number of rotatable bonds is 6. The standard InChI is InChI=1S/C36H41N7O3S/c1-23(2)20-30-34-38-24(3)41-43(34)18-17-42(36(46)26-14-12-25(13-15-26)32-10-7-19-47-32)16-6-11-33(44)39-31(35(45)40-30)21-27-22-37-29-9-5-4-8-28(27)29/h4-5,7-10,12-15,19,22-23,30-31,37H,6,11,16-18,20-21H2,1-3H3,(H,39,44)(H,40,45)/t30-,31+/m0/s1. The quantitative estimate of drug-likeness (QED) is 0.219. The summed E-state index contributed by atoms with van der Waals surface area (Å²) in [5.74, 6) is 0.902. The van der Waals surface area contributed by atoms with Crippen molar-refractivity contribution in [3.05, 3.63) is 95.0 Å². The highest BCUT2D eigenvalue weighted by molar-refractivity contribution is 7.13. The predicted octanol–water partition coefficient (Wildman–Crippen LogP) is 5.66. The van der Waals surface area contributed by atoms with Crippen LogP contribution in [-0.4, -0.2) is 61.5 Å². The van der Waals surface area contributed by atoms with Crippen LogP contribution in [0.15, 0.2) is 72.2 Å². The lowest BCUT2D eigenvalue weighted by Gasteiger charge is -2.27. The predicted molar refractivity (Wildman–Crippen MR) is 184 cm³/mol. The lowest BCUT2D eigenvalue weighted by atomic mass is 10.0. The minimum atomic E-state index is -0.795. The molecule has 10 nitrogen and oxygen atoms in total. The molecule has 2 aromatic carbocycles. The van der Waals surface area contributed by atoms with Crippen molar-refractivity contribution in [2.45, 2.75) is 65.1 Å². The summed E-state index contributed by atoms with van der Waals surface area (Å²) in [6.45, 7) is 7.21.